The number of likely N-dealkylation sites (tertiary alicyclic amines) is 1. The van der Waals surface area contributed by atoms with Crippen molar-refractivity contribution in [1.29, 1.82) is 0 Å². The predicted molar refractivity (Wildman–Crippen MR) is 86.8 cm³/mol. The molecule has 1 aromatic rings. The molecule has 0 saturated carbocycles. The van der Waals surface area contributed by atoms with Gasteiger partial charge in [0.15, 0.2) is 0 Å². The molecule has 124 valence electrons. The van der Waals surface area contributed by atoms with Crippen LogP contribution in [0.5, 0.6) is 0 Å². The van der Waals surface area contributed by atoms with Crippen LogP contribution < -0.4 is 5.32 Å². The van der Waals surface area contributed by atoms with E-state index in [0.717, 1.165) is 19.3 Å². The van der Waals surface area contributed by atoms with Crippen LogP contribution in [0.3, 0.4) is 0 Å². The standard InChI is InChI=1S/C18H24N2O3/c21-17-12-15(13-20(17)16-7-10-23-11-8-16)18(22)19-9-6-14-4-2-1-3-5-14/h1-5,15-16H,6-13H2,(H,19,22). The molecule has 2 fully saturated rings. The number of hydrogen-bond donors (Lipinski definition) is 1. The Balaban J connectivity index is 1.45. The molecule has 0 radical (unpaired) electrons. The second-order valence-corrected chi connectivity index (χ2v) is 6.32. The van der Waals surface area contributed by atoms with Crippen molar-refractivity contribution in [3.8, 4) is 0 Å². The summed E-state index contributed by atoms with van der Waals surface area (Å²) in [5.74, 6) is -0.0925. The van der Waals surface area contributed by atoms with Crippen LogP contribution in [0.25, 0.3) is 0 Å². The Bertz CT molecular complexity index is 540. The maximum Gasteiger partial charge on any atom is 0.225 e. The summed E-state index contributed by atoms with van der Waals surface area (Å²) in [7, 11) is 0. The van der Waals surface area contributed by atoms with Crippen molar-refractivity contribution in [3.05, 3.63) is 35.9 Å². The SMILES string of the molecule is O=C(NCCc1ccccc1)C1CC(=O)N(C2CCOCC2)C1. The molecule has 1 N–H and O–H groups in total. The van der Waals surface area contributed by atoms with Crippen molar-refractivity contribution >= 4 is 11.8 Å². The fourth-order valence-corrected chi connectivity index (χ4v) is 3.38. The Labute approximate surface area is 137 Å². The van der Waals surface area contributed by atoms with E-state index in [1.807, 2.05) is 23.1 Å². The lowest BCUT2D eigenvalue weighted by molar-refractivity contribution is -0.131. The molecule has 3 rings (SSSR count). The highest BCUT2D eigenvalue weighted by molar-refractivity contribution is 5.89. The van der Waals surface area contributed by atoms with Crippen LogP contribution >= 0.6 is 0 Å². The number of amides is 2. The number of hydrogen-bond acceptors (Lipinski definition) is 3. The molecule has 2 aliphatic heterocycles. The largest absolute Gasteiger partial charge is 0.381 e. The lowest BCUT2D eigenvalue weighted by Gasteiger charge is -2.31. The molecule has 5 nitrogen and oxygen atoms in total. The molecule has 2 heterocycles. The Kier molecular flexibility index (Phi) is 5.28. The van der Waals surface area contributed by atoms with Crippen LogP contribution in [-0.2, 0) is 20.7 Å². The summed E-state index contributed by atoms with van der Waals surface area (Å²) >= 11 is 0. The molecule has 2 amide bonds. The first kappa shape index (κ1) is 16.0. The molecule has 5 heteroatoms. The fourth-order valence-electron chi connectivity index (χ4n) is 3.38. The van der Waals surface area contributed by atoms with Gasteiger partial charge in [0.1, 0.15) is 0 Å². The highest BCUT2D eigenvalue weighted by Gasteiger charge is 2.38. The third-order valence-corrected chi connectivity index (χ3v) is 4.72. The van der Waals surface area contributed by atoms with Gasteiger partial charge in [-0.3, -0.25) is 9.59 Å². The highest BCUT2D eigenvalue weighted by Crippen LogP contribution is 2.24. The normalized spacial score (nSPS) is 22.3. The quantitative estimate of drug-likeness (QED) is 0.893. The number of rotatable bonds is 5. The van der Waals surface area contributed by atoms with Crippen LogP contribution in [0.2, 0.25) is 0 Å². The minimum absolute atomic E-state index is 0.00356. The average molecular weight is 316 g/mol. The van der Waals surface area contributed by atoms with Gasteiger partial charge in [-0.1, -0.05) is 30.3 Å². The molecular weight excluding hydrogens is 292 g/mol. The van der Waals surface area contributed by atoms with Gasteiger partial charge in [0.05, 0.1) is 5.92 Å². The summed E-state index contributed by atoms with van der Waals surface area (Å²) in [6.07, 6.45) is 2.92. The first-order valence-corrected chi connectivity index (χ1v) is 8.43. The lowest BCUT2D eigenvalue weighted by atomic mass is 10.1. The van der Waals surface area contributed by atoms with Crippen LogP contribution in [-0.4, -0.2) is 49.1 Å². The Morgan fingerprint density at radius 2 is 1.96 bits per heavy atom. The minimum atomic E-state index is -0.207. The zero-order valence-electron chi connectivity index (χ0n) is 13.4. The molecule has 0 bridgehead atoms. The summed E-state index contributed by atoms with van der Waals surface area (Å²) in [4.78, 5) is 26.4. The Morgan fingerprint density at radius 3 is 2.70 bits per heavy atom. The van der Waals surface area contributed by atoms with Gasteiger partial charge in [0, 0.05) is 38.8 Å². The van der Waals surface area contributed by atoms with Gasteiger partial charge >= 0.3 is 0 Å². The number of nitrogens with zero attached hydrogens (tertiary/aromatic N) is 1. The number of carbonyl (C=O) groups excluding carboxylic acids is 2. The van der Waals surface area contributed by atoms with Crippen molar-refractivity contribution in [1.82, 2.24) is 10.2 Å². The lowest BCUT2D eigenvalue weighted by Crippen LogP contribution is -2.41. The van der Waals surface area contributed by atoms with E-state index in [9.17, 15) is 9.59 Å². The maximum absolute atomic E-state index is 12.3. The summed E-state index contributed by atoms with van der Waals surface area (Å²) in [6, 6.07) is 10.3. The Hall–Kier alpha value is -1.88. The zero-order chi connectivity index (χ0) is 16.1. The van der Waals surface area contributed by atoms with Gasteiger partial charge in [0.25, 0.3) is 0 Å². The van der Waals surface area contributed by atoms with E-state index in [4.69, 9.17) is 4.74 Å². The molecule has 2 aliphatic rings. The van der Waals surface area contributed by atoms with Crippen LogP contribution in [0.4, 0.5) is 0 Å². The first-order chi connectivity index (χ1) is 11.2. The smallest absolute Gasteiger partial charge is 0.225 e. The van der Waals surface area contributed by atoms with Crippen molar-refractivity contribution in [2.45, 2.75) is 31.7 Å². The molecule has 23 heavy (non-hydrogen) atoms. The van der Waals surface area contributed by atoms with E-state index >= 15 is 0 Å². The average Bonchev–Trinajstić information content (AvgIpc) is 2.98. The molecule has 0 spiro atoms. The molecule has 0 aromatic heterocycles. The zero-order valence-corrected chi connectivity index (χ0v) is 13.4. The van der Waals surface area contributed by atoms with E-state index in [1.165, 1.54) is 5.56 Å². The third kappa shape index (κ3) is 4.10. The molecular formula is C18H24N2O3. The monoisotopic (exact) mass is 316 g/mol. The third-order valence-electron chi connectivity index (χ3n) is 4.72. The minimum Gasteiger partial charge on any atom is -0.381 e. The van der Waals surface area contributed by atoms with Gasteiger partial charge in [-0.2, -0.15) is 0 Å². The summed E-state index contributed by atoms with van der Waals surface area (Å²) in [5, 5.41) is 2.97. The molecule has 2 saturated heterocycles. The Morgan fingerprint density at radius 1 is 1.22 bits per heavy atom. The van der Waals surface area contributed by atoms with Gasteiger partial charge in [0.2, 0.25) is 11.8 Å². The number of nitrogens with one attached hydrogen (secondary N) is 1. The molecule has 0 aliphatic carbocycles. The summed E-state index contributed by atoms with van der Waals surface area (Å²) in [6.45, 7) is 2.59. The summed E-state index contributed by atoms with van der Waals surface area (Å²) in [5.41, 5.74) is 1.21. The van der Waals surface area contributed by atoms with Crippen molar-refractivity contribution in [2.24, 2.45) is 5.92 Å². The van der Waals surface area contributed by atoms with Crippen LogP contribution in [0, 0.1) is 5.92 Å². The molecule has 1 aromatic carbocycles. The van der Waals surface area contributed by atoms with Crippen molar-refractivity contribution in [2.75, 3.05) is 26.3 Å². The van der Waals surface area contributed by atoms with Crippen molar-refractivity contribution < 1.29 is 14.3 Å². The number of carbonyl (C=O) groups is 2. The van der Waals surface area contributed by atoms with Gasteiger partial charge < -0.3 is 15.0 Å². The second-order valence-electron chi connectivity index (χ2n) is 6.32. The van der Waals surface area contributed by atoms with Gasteiger partial charge in [-0.05, 0) is 24.8 Å². The molecule has 1 atom stereocenters. The summed E-state index contributed by atoms with van der Waals surface area (Å²) < 4.78 is 5.35. The topological polar surface area (TPSA) is 58.6 Å². The number of ether oxygens (including phenoxy) is 1. The second kappa shape index (κ2) is 7.59. The van der Waals surface area contributed by atoms with E-state index < -0.39 is 0 Å². The molecule has 1 unspecified atom stereocenters. The van der Waals surface area contributed by atoms with Crippen molar-refractivity contribution in [3.63, 3.8) is 0 Å². The van der Waals surface area contributed by atoms with Crippen LogP contribution in [0.1, 0.15) is 24.8 Å². The van der Waals surface area contributed by atoms with E-state index in [-0.39, 0.29) is 23.8 Å². The highest BCUT2D eigenvalue weighted by atomic mass is 16.5. The maximum atomic E-state index is 12.3. The van der Waals surface area contributed by atoms with Gasteiger partial charge in [-0.15, -0.1) is 0 Å². The van der Waals surface area contributed by atoms with E-state index in [0.29, 0.717) is 32.7 Å². The van der Waals surface area contributed by atoms with Gasteiger partial charge in [-0.25, -0.2) is 0 Å². The van der Waals surface area contributed by atoms with E-state index in [2.05, 4.69) is 17.4 Å². The first-order valence-electron chi connectivity index (χ1n) is 8.43. The number of benzene rings is 1. The van der Waals surface area contributed by atoms with Crippen LogP contribution in [0.15, 0.2) is 30.3 Å². The predicted octanol–water partition coefficient (Wildman–Crippen LogP) is 1.37. The van der Waals surface area contributed by atoms with E-state index in [1.54, 1.807) is 0 Å². The fraction of sp³-hybridized carbons (Fsp3) is 0.556.